The fourth-order valence-electron chi connectivity index (χ4n) is 1.41. The van der Waals surface area contributed by atoms with Gasteiger partial charge < -0.3 is 15.0 Å². The molecule has 0 saturated carbocycles. The Morgan fingerprint density at radius 1 is 1.40 bits per heavy atom. The van der Waals surface area contributed by atoms with E-state index in [0.29, 0.717) is 28.7 Å². The van der Waals surface area contributed by atoms with Crippen LogP contribution in [0.3, 0.4) is 0 Å². The molecule has 0 aliphatic rings. The van der Waals surface area contributed by atoms with Crippen LogP contribution in [0.15, 0.2) is 0 Å². The van der Waals surface area contributed by atoms with Gasteiger partial charge in [0.15, 0.2) is 5.13 Å². The van der Waals surface area contributed by atoms with Crippen LogP contribution in [0.2, 0.25) is 0 Å². The zero-order chi connectivity index (χ0) is 15.3. The molecule has 20 heavy (non-hydrogen) atoms. The van der Waals surface area contributed by atoms with Crippen molar-refractivity contribution in [3.63, 3.8) is 0 Å². The summed E-state index contributed by atoms with van der Waals surface area (Å²) >= 11 is 1.14. The Kier molecular flexibility index (Phi) is 6.09. The van der Waals surface area contributed by atoms with E-state index in [2.05, 4.69) is 10.3 Å². The molecule has 0 aliphatic heterocycles. The van der Waals surface area contributed by atoms with Crippen molar-refractivity contribution in [3.8, 4) is 0 Å². The summed E-state index contributed by atoms with van der Waals surface area (Å²) in [5.41, 5.74) is 0.573. The molecule has 0 fully saturated rings. The molecule has 1 amide bonds. The summed E-state index contributed by atoms with van der Waals surface area (Å²) in [5, 5.41) is 3.13. The lowest BCUT2D eigenvalue weighted by molar-refractivity contribution is -0.116. The Labute approximate surface area is 123 Å². The molecule has 0 atom stereocenters. The number of amides is 1. The van der Waals surface area contributed by atoms with Gasteiger partial charge >= 0.3 is 5.97 Å². The second-order valence-corrected chi connectivity index (χ2v) is 5.99. The molecule has 0 saturated heterocycles. The minimum absolute atomic E-state index is 0.115. The van der Waals surface area contributed by atoms with Crippen molar-refractivity contribution in [1.82, 2.24) is 9.88 Å². The Bertz CT molecular complexity index is 483. The van der Waals surface area contributed by atoms with Crippen molar-refractivity contribution in [2.24, 2.45) is 0 Å². The minimum atomic E-state index is -0.399. The summed E-state index contributed by atoms with van der Waals surface area (Å²) < 4.78 is 5.13. The molecular weight excluding hydrogens is 278 g/mol. The normalized spacial score (nSPS) is 10.9. The number of anilines is 1. The molecule has 1 aromatic rings. The molecule has 7 heteroatoms. The van der Waals surface area contributed by atoms with Crippen LogP contribution >= 0.6 is 11.3 Å². The molecule has 1 N–H and O–H groups in total. The molecule has 0 unspecified atom stereocenters. The van der Waals surface area contributed by atoms with E-state index in [1.807, 2.05) is 19.0 Å². The molecule has 0 spiro atoms. The third-order valence-electron chi connectivity index (χ3n) is 2.36. The van der Waals surface area contributed by atoms with Gasteiger partial charge in [-0.25, -0.2) is 9.78 Å². The number of aromatic nitrogens is 1. The quantitative estimate of drug-likeness (QED) is 0.812. The first-order valence-electron chi connectivity index (χ1n) is 6.42. The number of thiazole rings is 1. The molecular formula is C13H21N3O3S. The van der Waals surface area contributed by atoms with Crippen LogP contribution in [0.5, 0.6) is 0 Å². The number of nitrogens with zero attached hydrogens (tertiary/aromatic N) is 2. The average Bonchev–Trinajstić information content (AvgIpc) is 2.66. The molecule has 1 heterocycles. The SMILES string of the molecule is Cc1nc(NC(=O)CCN(C)C)sc1C(=O)OC(C)C. The number of esters is 1. The van der Waals surface area contributed by atoms with Gasteiger partial charge in [-0.3, -0.25) is 4.79 Å². The van der Waals surface area contributed by atoms with Crippen LogP contribution in [0.1, 0.15) is 35.6 Å². The van der Waals surface area contributed by atoms with Gasteiger partial charge in [-0.15, -0.1) is 0 Å². The number of ether oxygens (including phenoxy) is 1. The van der Waals surface area contributed by atoms with E-state index < -0.39 is 5.97 Å². The number of hydrogen-bond acceptors (Lipinski definition) is 6. The molecule has 112 valence electrons. The van der Waals surface area contributed by atoms with Crippen LogP contribution < -0.4 is 5.32 Å². The first-order chi connectivity index (χ1) is 9.29. The predicted octanol–water partition coefficient (Wildman–Crippen LogP) is 1.91. The monoisotopic (exact) mass is 299 g/mol. The van der Waals surface area contributed by atoms with Gasteiger partial charge in [-0.2, -0.15) is 0 Å². The van der Waals surface area contributed by atoms with Crippen LogP contribution in [0.4, 0.5) is 5.13 Å². The smallest absolute Gasteiger partial charge is 0.350 e. The van der Waals surface area contributed by atoms with E-state index in [1.54, 1.807) is 20.8 Å². The van der Waals surface area contributed by atoms with E-state index in [4.69, 9.17) is 4.74 Å². The summed E-state index contributed by atoms with van der Waals surface area (Å²) in [6, 6.07) is 0. The van der Waals surface area contributed by atoms with E-state index in [9.17, 15) is 9.59 Å². The largest absolute Gasteiger partial charge is 0.459 e. The Hall–Kier alpha value is -1.47. The highest BCUT2D eigenvalue weighted by Crippen LogP contribution is 2.23. The highest BCUT2D eigenvalue weighted by Gasteiger charge is 2.18. The first kappa shape index (κ1) is 16.6. The lowest BCUT2D eigenvalue weighted by Gasteiger charge is -2.08. The van der Waals surface area contributed by atoms with Gasteiger partial charge in [0.1, 0.15) is 4.88 Å². The summed E-state index contributed by atoms with van der Waals surface area (Å²) in [4.78, 5) is 30.1. The van der Waals surface area contributed by atoms with Crippen molar-refractivity contribution >= 4 is 28.3 Å². The molecule has 0 radical (unpaired) electrons. The second-order valence-electron chi connectivity index (χ2n) is 4.99. The third kappa shape index (κ3) is 5.26. The molecule has 1 aromatic heterocycles. The average molecular weight is 299 g/mol. The fraction of sp³-hybridized carbons (Fsp3) is 0.615. The van der Waals surface area contributed by atoms with Crippen molar-refractivity contribution in [1.29, 1.82) is 0 Å². The van der Waals surface area contributed by atoms with E-state index in [1.165, 1.54) is 0 Å². The first-order valence-corrected chi connectivity index (χ1v) is 7.24. The molecule has 0 aliphatic carbocycles. The van der Waals surface area contributed by atoms with Crippen LogP contribution in [0.25, 0.3) is 0 Å². The zero-order valence-corrected chi connectivity index (χ0v) is 13.3. The highest BCUT2D eigenvalue weighted by atomic mass is 32.1. The van der Waals surface area contributed by atoms with E-state index in [-0.39, 0.29) is 12.0 Å². The van der Waals surface area contributed by atoms with Gasteiger partial charge in [-0.1, -0.05) is 11.3 Å². The predicted molar refractivity (Wildman–Crippen MR) is 79.2 cm³/mol. The van der Waals surface area contributed by atoms with Crippen molar-refractivity contribution < 1.29 is 14.3 Å². The van der Waals surface area contributed by atoms with Crippen LogP contribution in [0, 0.1) is 6.92 Å². The maximum absolute atomic E-state index is 11.8. The Balaban J connectivity index is 2.65. The number of nitrogens with one attached hydrogen (secondary N) is 1. The number of rotatable bonds is 6. The molecule has 6 nitrogen and oxygen atoms in total. The van der Waals surface area contributed by atoms with Crippen molar-refractivity contribution in [2.45, 2.75) is 33.3 Å². The van der Waals surface area contributed by atoms with Gasteiger partial charge in [0, 0.05) is 13.0 Å². The van der Waals surface area contributed by atoms with Gasteiger partial charge in [-0.05, 0) is 34.9 Å². The van der Waals surface area contributed by atoms with Gasteiger partial charge in [0.25, 0.3) is 0 Å². The van der Waals surface area contributed by atoms with Crippen LogP contribution in [-0.2, 0) is 9.53 Å². The lowest BCUT2D eigenvalue weighted by atomic mass is 10.4. The van der Waals surface area contributed by atoms with Crippen molar-refractivity contribution in [2.75, 3.05) is 26.0 Å². The standard InChI is InChI=1S/C13H21N3O3S/c1-8(2)19-12(18)11-9(3)14-13(20-11)15-10(17)6-7-16(4)5/h8H,6-7H2,1-5H3,(H,14,15,17). The summed E-state index contributed by atoms with van der Waals surface area (Å²) in [6.45, 7) is 5.97. The Morgan fingerprint density at radius 2 is 2.05 bits per heavy atom. The molecule has 0 aromatic carbocycles. The summed E-state index contributed by atoms with van der Waals surface area (Å²) in [5.74, 6) is -0.514. The van der Waals surface area contributed by atoms with Gasteiger partial charge in [0.05, 0.1) is 11.8 Å². The summed E-state index contributed by atoms with van der Waals surface area (Å²) in [7, 11) is 3.81. The topological polar surface area (TPSA) is 71.5 Å². The van der Waals surface area contributed by atoms with E-state index in [0.717, 1.165) is 11.3 Å². The van der Waals surface area contributed by atoms with Crippen molar-refractivity contribution in [3.05, 3.63) is 10.6 Å². The maximum Gasteiger partial charge on any atom is 0.350 e. The summed E-state index contributed by atoms with van der Waals surface area (Å²) in [6.07, 6.45) is 0.208. The zero-order valence-electron chi connectivity index (χ0n) is 12.5. The van der Waals surface area contributed by atoms with Gasteiger partial charge in [0.2, 0.25) is 5.91 Å². The van der Waals surface area contributed by atoms with Crippen LogP contribution in [-0.4, -0.2) is 48.5 Å². The second kappa shape index (κ2) is 7.35. The lowest BCUT2D eigenvalue weighted by Crippen LogP contribution is -2.20. The number of carbonyl (C=O) groups excluding carboxylic acids is 2. The molecule has 0 bridgehead atoms. The highest BCUT2D eigenvalue weighted by molar-refractivity contribution is 7.17. The number of aryl methyl sites for hydroxylation is 1. The third-order valence-corrected chi connectivity index (χ3v) is 3.41. The maximum atomic E-state index is 11.8. The minimum Gasteiger partial charge on any atom is -0.459 e. The number of carbonyl (C=O) groups is 2. The fourth-order valence-corrected chi connectivity index (χ4v) is 2.28. The Morgan fingerprint density at radius 3 is 2.60 bits per heavy atom. The molecule has 1 rings (SSSR count). The van der Waals surface area contributed by atoms with E-state index >= 15 is 0 Å². The number of hydrogen-bond donors (Lipinski definition) is 1.